The van der Waals surface area contributed by atoms with E-state index < -0.39 is 0 Å². The first-order valence-corrected chi connectivity index (χ1v) is 8.48. The van der Waals surface area contributed by atoms with Crippen LogP contribution in [0.5, 0.6) is 0 Å². The van der Waals surface area contributed by atoms with Crippen LogP contribution in [0.25, 0.3) is 0 Å². The molecule has 0 aromatic carbocycles. The van der Waals surface area contributed by atoms with E-state index >= 15 is 0 Å². The Hall–Kier alpha value is -2.15. The highest BCUT2D eigenvalue weighted by molar-refractivity contribution is 5.78. The molecule has 1 aromatic heterocycles. The average Bonchev–Trinajstić information content (AvgIpc) is 2.56. The molecule has 2 rings (SSSR count). The van der Waals surface area contributed by atoms with Crippen LogP contribution >= 0.6 is 0 Å². The summed E-state index contributed by atoms with van der Waals surface area (Å²) in [5.74, 6) is 0.0258. The number of carbonyl (C=O) groups excluding carboxylic acids is 2. The van der Waals surface area contributed by atoms with Crippen molar-refractivity contribution in [3.63, 3.8) is 0 Å². The zero-order chi connectivity index (χ0) is 17.4. The summed E-state index contributed by atoms with van der Waals surface area (Å²) in [6, 6.07) is 4.03. The quantitative estimate of drug-likeness (QED) is 0.808. The van der Waals surface area contributed by atoms with Gasteiger partial charge in [0.1, 0.15) is 0 Å². The number of hydrogen-bond acceptors (Lipinski definition) is 4. The van der Waals surface area contributed by atoms with Gasteiger partial charge in [0.05, 0.1) is 6.54 Å². The molecule has 0 atom stereocenters. The lowest BCUT2D eigenvalue weighted by Gasteiger charge is -2.32. The van der Waals surface area contributed by atoms with Crippen LogP contribution in [0.3, 0.4) is 0 Å². The van der Waals surface area contributed by atoms with Gasteiger partial charge < -0.3 is 15.5 Å². The Morgan fingerprint density at radius 3 is 2.75 bits per heavy atom. The van der Waals surface area contributed by atoms with E-state index in [4.69, 9.17) is 0 Å². The second-order valence-corrected chi connectivity index (χ2v) is 6.20. The van der Waals surface area contributed by atoms with Crippen molar-refractivity contribution >= 4 is 11.9 Å². The zero-order valence-electron chi connectivity index (χ0n) is 14.5. The molecule has 2 heterocycles. The van der Waals surface area contributed by atoms with Gasteiger partial charge in [-0.2, -0.15) is 0 Å². The van der Waals surface area contributed by atoms with Crippen molar-refractivity contribution in [1.29, 1.82) is 0 Å². The molecule has 0 aliphatic carbocycles. The van der Waals surface area contributed by atoms with Crippen LogP contribution < -0.4 is 10.6 Å². The van der Waals surface area contributed by atoms with Crippen molar-refractivity contribution in [2.75, 3.05) is 33.2 Å². The number of pyridine rings is 1. The second-order valence-electron chi connectivity index (χ2n) is 6.20. The van der Waals surface area contributed by atoms with Gasteiger partial charge in [0, 0.05) is 44.6 Å². The van der Waals surface area contributed by atoms with E-state index in [0.29, 0.717) is 32.7 Å². The largest absolute Gasteiger partial charge is 0.352 e. The first-order valence-electron chi connectivity index (χ1n) is 8.48. The summed E-state index contributed by atoms with van der Waals surface area (Å²) in [7, 11) is 1.92. The molecule has 1 saturated heterocycles. The van der Waals surface area contributed by atoms with Crippen LogP contribution in [-0.4, -0.2) is 66.0 Å². The van der Waals surface area contributed by atoms with Crippen molar-refractivity contribution in [3.05, 3.63) is 30.1 Å². The maximum absolute atomic E-state index is 12.2. The summed E-state index contributed by atoms with van der Waals surface area (Å²) in [5.41, 5.74) is 1.09. The zero-order valence-corrected chi connectivity index (χ0v) is 14.5. The van der Waals surface area contributed by atoms with Gasteiger partial charge >= 0.3 is 6.03 Å². The summed E-state index contributed by atoms with van der Waals surface area (Å²) in [6.07, 6.45) is 5.15. The minimum Gasteiger partial charge on any atom is -0.352 e. The molecule has 1 aliphatic rings. The van der Waals surface area contributed by atoms with Crippen LogP contribution in [-0.2, 0) is 11.3 Å². The SMILES string of the molecule is CCNC(=O)N1CCC(NC(=O)CN(C)Cc2cccnc2)CC1. The number of nitrogens with zero attached hydrogens (tertiary/aromatic N) is 3. The molecule has 0 unspecified atom stereocenters. The van der Waals surface area contributed by atoms with E-state index in [1.165, 1.54) is 0 Å². The fourth-order valence-electron chi connectivity index (χ4n) is 2.87. The molecule has 0 radical (unpaired) electrons. The van der Waals surface area contributed by atoms with Crippen LogP contribution in [0.2, 0.25) is 0 Å². The van der Waals surface area contributed by atoms with E-state index in [1.54, 1.807) is 11.1 Å². The number of piperidine rings is 1. The number of carbonyl (C=O) groups is 2. The average molecular weight is 333 g/mol. The van der Waals surface area contributed by atoms with Gasteiger partial charge in [0.25, 0.3) is 0 Å². The molecular formula is C17H27N5O2. The molecule has 0 saturated carbocycles. The van der Waals surface area contributed by atoms with Crippen LogP contribution in [0.15, 0.2) is 24.5 Å². The molecule has 2 N–H and O–H groups in total. The normalized spacial score (nSPS) is 15.4. The highest BCUT2D eigenvalue weighted by atomic mass is 16.2. The Labute approximate surface area is 143 Å². The van der Waals surface area contributed by atoms with Crippen LogP contribution in [0, 0.1) is 0 Å². The number of aromatic nitrogens is 1. The maximum atomic E-state index is 12.2. The third-order valence-electron chi connectivity index (χ3n) is 4.06. The summed E-state index contributed by atoms with van der Waals surface area (Å²) in [6.45, 7) is 4.96. The fourth-order valence-corrected chi connectivity index (χ4v) is 2.87. The number of hydrogen-bond donors (Lipinski definition) is 2. The number of likely N-dealkylation sites (tertiary alicyclic amines) is 1. The van der Waals surface area contributed by atoms with E-state index in [0.717, 1.165) is 18.4 Å². The number of urea groups is 1. The molecule has 0 bridgehead atoms. The number of nitrogens with one attached hydrogen (secondary N) is 2. The summed E-state index contributed by atoms with van der Waals surface area (Å²) >= 11 is 0. The Morgan fingerprint density at radius 2 is 2.12 bits per heavy atom. The standard InChI is InChI=1S/C17H27N5O2/c1-3-19-17(24)22-9-6-15(7-10-22)20-16(23)13-21(2)12-14-5-4-8-18-11-14/h4-5,8,11,15H,3,6-7,9-10,12-13H2,1-2H3,(H,19,24)(H,20,23). The molecule has 3 amide bonds. The number of likely N-dealkylation sites (N-methyl/N-ethyl adjacent to an activating group) is 1. The lowest BCUT2D eigenvalue weighted by atomic mass is 10.1. The molecule has 24 heavy (non-hydrogen) atoms. The van der Waals surface area contributed by atoms with Gasteiger partial charge in [0.15, 0.2) is 0 Å². The smallest absolute Gasteiger partial charge is 0.317 e. The highest BCUT2D eigenvalue weighted by Crippen LogP contribution is 2.10. The number of amides is 3. The monoisotopic (exact) mass is 333 g/mol. The van der Waals surface area contributed by atoms with Gasteiger partial charge in [-0.25, -0.2) is 4.79 Å². The van der Waals surface area contributed by atoms with Gasteiger partial charge in [-0.1, -0.05) is 6.07 Å². The highest BCUT2D eigenvalue weighted by Gasteiger charge is 2.23. The minimum absolute atomic E-state index is 0.0153. The van der Waals surface area contributed by atoms with Crippen molar-refractivity contribution in [3.8, 4) is 0 Å². The lowest BCUT2D eigenvalue weighted by Crippen LogP contribution is -2.50. The van der Waals surface area contributed by atoms with Crippen molar-refractivity contribution < 1.29 is 9.59 Å². The third-order valence-corrected chi connectivity index (χ3v) is 4.06. The van der Waals surface area contributed by atoms with Crippen LogP contribution in [0.4, 0.5) is 4.79 Å². The first kappa shape index (κ1) is 18.2. The summed E-state index contributed by atoms with van der Waals surface area (Å²) in [4.78, 5) is 31.8. The first-order chi connectivity index (χ1) is 11.6. The molecule has 1 fully saturated rings. The Balaban J connectivity index is 1.69. The third kappa shape index (κ3) is 5.81. The number of rotatable bonds is 6. The predicted molar refractivity (Wildman–Crippen MR) is 92.4 cm³/mol. The van der Waals surface area contributed by atoms with Crippen molar-refractivity contribution in [1.82, 2.24) is 25.4 Å². The minimum atomic E-state index is -0.0153. The van der Waals surface area contributed by atoms with Gasteiger partial charge in [-0.05, 0) is 38.4 Å². The Kier molecular flexibility index (Phi) is 6.99. The molecular weight excluding hydrogens is 306 g/mol. The lowest BCUT2D eigenvalue weighted by molar-refractivity contribution is -0.123. The molecule has 7 nitrogen and oxygen atoms in total. The summed E-state index contributed by atoms with van der Waals surface area (Å²) < 4.78 is 0. The van der Waals surface area contributed by atoms with Crippen LogP contribution in [0.1, 0.15) is 25.3 Å². The van der Waals surface area contributed by atoms with Gasteiger partial charge in [0.2, 0.25) is 5.91 Å². The molecule has 132 valence electrons. The Bertz CT molecular complexity index is 529. The van der Waals surface area contributed by atoms with E-state index in [1.807, 2.05) is 37.2 Å². The second kappa shape index (κ2) is 9.22. The summed E-state index contributed by atoms with van der Waals surface area (Å²) in [5, 5.41) is 5.88. The fraction of sp³-hybridized carbons (Fsp3) is 0.588. The van der Waals surface area contributed by atoms with E-state index in [-0.39, 0.29) is 18.0 Å². The van der Waals surface area contributed by atoms with Gasteiger partial charge in [-0.15, -0.1) is 0 Å². The maximum Gasteiger partial charge on any atom is 0.317 e. The van der Waals surface area contributed by atoms with Crippen molar-refractivity contribution in [2.45, 2.75) is 32.4 Å². The van der Waals surface area contributed by atoms with E-state index in [9.17, 15) is 9.59 Å². The molecule has 0 spiro atoms. The molecule has 7 heteroatoms. The van der Waals surface area contributed by atoms with Crippen molar-refractivity contribution in [2.24, 2.45) is 0 Å². The van der Waals surface area contributed by atoms with E-state index in [2.05, 4.69) is 15.6 Å². The topological polar surface area (TPSA) is 77.6 Å². The Morgan fingerprint density at radius 1 is 1.38 bits per heavy atom. The molecule has 1 aliphatic heterocycles. The predicted octanol–water partition coefficient (Wildman–Crippen LogP) is 0.824. The van der Waals surface area contributed by atoms with Gasteiger partial charge in [-0.3, -0.25) is 14.7 Å². The molecule has 1 aromatic rings.